The van der Waals surface area contributed by atoms with Gasteiger partial charge in [-0.05, 0) is 49.9 Å². The van der Waals surface area contributed by atoms with Gasteiger partial charge in [0.1, 0.15) is 17.4 Å². The maximum absolute atomic E-state index is 13.1. The average Bonchev–Trinajstić information content (AvgIpc) is 3.20. The van der Waals surface area contributed by atoms with E-state index in [1.165, 1.54) is 0 Å². The molecule has 0 radical (unpaired) electrons. The van der Waals surface area contributed by atoms with Crippen LogP contribution in [0.1, 0.15) is 30.1 Å². The zero-order valence-corrected chi connectivity index (χ0v) is 17.3. The van der Waals surface area contributed by atoms with Crippen molar-refractivity contribution < 1.29 is 14.3 Å². The van der Waals surface area contributed by atoms with Crippen LogP contribution in [0.2, 0.25) is 0 Å². The normalized spacial score (nSPS) is 21.5. The maximum atomic E-state index is 13.1. The Morgan fingerprint density at radius 2 is 2.23 bits per heavy atom. The van der Waals surface area contributed by atoms with E-state index in [1.54, 1.807) is 36.4 Å². The van der Waals surface area contributed by atoms with Gasteiger partial charge in [-0.3, -0.25) is 4.79 Å². The fourth-order valence-electron chi connectivity index (χ4n) is 4.28. The topological polar surface area (TPSA) is 116 Å². The van der Waals surface area contributed by atoms with E-state index in [1.807, 2.05) is 13.0 Å². The molecule has 3 heterocycles. The number of piperidine rings is 1. The number of ether oxygens (including phenoxy) is 2. The Morgan fingerprint density at radius 1 is 1.35 bits per heavy atom. The Bertz CT molecular complexity index is 1200. The third-order valence-corrected chi connectivity index (χ3v) is 5.84. The number of aromatic amines is 1. The Balaban J connectivity index is 1.43. The van der Waals surface area contributed by atoms with Crippen LogP contribution in [0.25, 0.3) is 11.0 Å². The first-order chi connectivity index (χ1) is 15.1. The summed E-state index contributed by atoms with van der Waals surface area (Å²) in [4.78, 5) is 26.8. The van der Waals surface area contributed by atoms with Gasteiger partial charge in [0.15, 0.2) is 0 Å². The molecule has 0 unspecified atom stereocenters. The van der Waals surface area contributed by atoms with Crippen molar-refractivity contribution in [1.29, 1.82) is 5.26 Å². The fraction of sp³-hybridized carbons (Fsp3) is 0.364. The number of anilines is 2. The van der Waals surface area contributed by atoms with E-state index in [0.717, 1.165) is 18.2 Å². The Hall–Kier alpha value is -3.80. The zero-order valence-electron chi connectivity index (χ0n) is 17.3. The van der Waals surface area contributed by atoms with Crippen molar-refractivity contribution in [1.82, 2.24) is 19.9 Å². The summed E-state index contributed by atoms with van der Waals surface area (Å²) in [6, 6.07) is 9.14. The predicted octanol–water partition coefficient (Wildman–Crippen LogP) is 3.24. The average molecular weight is 418 g/mol. The van der Waals surface area contributed by atoms with E-state index >= 15 is 0 Å². The number of carbonyl (C=O) groups excluding carboxylic acids is 1. The van der Waals surface area contributed by atoms with Gasteiger partial charge in [0.2, 0.25) is 11.8 Å². The Kier molecular flexibility index (Phi) is 4.62. The second-order valence-corrected chi connectivity index (χ2v) is 7.72. The monoisotopic (exact) mass is 418 g/mol. The molecule has 31 heavy (non-hydrogen) atoms. The lowest BCUT2D eigenvalue weighted by Crippen LogP contribution is -2.37. The third-order valence-electron chi connectivity index (χ3n) is 5.84. The molecule has 2 fully saturated rings. The number of rotatable bonds is 6. The van der Waals surface area contributed by atoms with Crippen LogP contribution in [0.15, 0.2) is 30.5 Å². The second kappa shape index (κ2) is 7.47. The predicted molar refractivity (Wildman–Crippen MR) is 113 cm³/mol. The van der Waals surface area contributed by atoms with E-state index in [0.29, 0.717) is 47.0 Å². The molecule has 1 saturated carbocycles. The van der Waals surface area contributed by atoms with Crippen molar-refractivity contribution in [2.75, 3.05) is 19.0 Å². The van der Waals surface area contributed by atoms with Crippen LogP contribution < -0.4 is 14.8 Å². The number of amides is 1. The fourth-order valence-corrected chi connectivity index (χ4v) is 4.28. The first kappa shape index (κ1) is 19.2. The Labute approximate surface area is 179 Å². The molecule has 0 bridgehead atoms. The van der Waals surface area contributed by atoms with Crippen LogP contribution in [-0.2, 0) is 0 Å². The summed E-state index contributed by atoms with van der Waals surface area (Å²) in [6.45, 7) is 2.38. The molecule has 9 heteroatoms. The summed E-state index contributed by atoms with van der Waals surface area (Å²) in [5.74, 6) is 1.65. The standard InChI is InChI=1S/C22H22N6O3/c1-3-31-20-15-6-7-24-19(15)26-22(27-20)25-16-5-4-12(10-18(16)30-2)21(29)28-14(11-23)8-13-9-17(13)28/h4-7,10,13-14,17H,3,8-9H2,1-2H3,(H2,24,25,26,27)/t13-,14+,17+/m1/s1. The quantitative estimate of drug-likeness (QED) is 0.631. The molecule has 0 spiro atoms. The number of benzene rings is 1. The van der Waals surface area contributed by atoms with Crippen LogP contribution in [0.3, 0.4) is 0 Å². The van der Waals surface area contributed by atoms with Crippen LogP contribution >= 0.6 is 0 Å². The molecule has 3 atom stereocenters. The zero-order chi connectivity index (χ0) is 21.5. The van der Waals surface area contributed by atoms with Gasteiger partial charge in [-0.25, -0.2) is 0 Å². The number of methoxy groups -OCH3 is 1. The van der Waals surface area contributed by atoms with Gasteiger partial charge in [0.25, 0.3) is 5.91 Å². The van der Waals surface area contributed by atoms with Crippen molar-refractivity contribution in [3.05, 3.63) is 36.0 Å². The largest absolute Gasteiger partial charge is 0.495 e. The highest BCUT2D eigenvalue weighted by molar-refractivity contribution is 5.96. The van der Waals surface area contributed by atoms with Gasteiger partial charge in [0, 0.05) is 17.8 Å². The van der Waals surface area contributed by atoms with Crippen molar-refractivity contribution in [2.45, 2.75) is 31.8 Å². The molecule has 1 aliphatic heterocycles. The van der Waals surface area contributed by atoms with Crippen LogP contribution in [0.5, 0.6) is 11.6 Å². The summed E-state index contributed by atoms with van der Waals surface area (Å²) < 4.78 is 11.2. The number of H-pyrrole nitrogens is 1. The molecule has 2 aliphatic rings. The number of hydrogen-bond donors (Lipinski definition) is 2. The molecule has 1 aromatic carbocycles. The first-order valence-corrected chi connectivity index (χ1v) is 10.3. The highest BCUT2D eigenvalue weighted by Crippen LogP contribution is 2.48. The molecule has 2 N–H and O–H groups in total. The number of likely N-dealkylation sites (tertiary alicyclic amines) is 1. The van der Waals surface area contributed by atoms with Gasteiger partial charge >= 0.3 is 0 Å². The van der Waals surface area contributed by atoms with Crippen molar-refractivity contribution in [3.8, 4) is 17.7 Å². The number of nitriles is 1. The van der Waals surface area contributed by atoms with Crippen LogP contribution in [0, 0.1) is 17.2 Å². The molecule has 9 nitrogen and oxygen atoms in total. The summed E-state index contributed by atoms with van der Waals surface area (Å²) in [7, 11) is 1.54. The van der Waals surface area contributed by atoms with Gasteiger partial charge in [-0.2, -0.15) is 15.2 Å². The lowest BCUT2D eigenvalue weighted by molar-refractivity contribution is 0.0734. The summed E-state index contributed by atoms with van der Waals surface area (Å²) in [6.07, 6.45) is 3.54. The van der Waals surface area contributed by atoms with E-state index in [2.05, 4.69) is 26.3 Å². The van der Waals surface area contributed by atoms with Gasteiger partial charge in [-0.1, -0.05) is 0 Å². The number of carbonyl (C=O) groups is 1. The molecule has 1 aliphatic carbocycles. The van der Waals surface area contributed by atoms with Gasteiger partial charge in [0.05, 0.1) is 30.9 Å². The van der Waals surface area contributed by atoms with E-state index < -0.39 is 0 Å². The highest BCUT2D eigenvalue weighted by atomic mass is 16.5. The minimum Gasteiger partial charge on any atom is -0.495 e. The van der Waals surface area contributed by atoms with E-state index in [-0.39, 0.29) is 18.0 Å². The van der Waals surface area contributed by atoms with Crippen LogP contribution in [-0.4, -0.2) is 51.6 Å². The highest BCUT2D eigenvalue weighted by Gasteiger charge is 2.54. The molecule has 2 aromatic heterocycles. The minimum atomic E-state index is -0.349. The molecular weight excluding hydrogens is 396 g/mol. The lowest BCUT2D eigenvalue weighted by atomic mass is 10.1. The molecule has 1 saturated heterocycles. The third kappa shape index (κ3) is 3.30. The van der Waals surface area contributed by atoms with E-state index in [9.17, 15) is 10.1 Å². The summed E-state index contributed by atoms with van der Waals surface area (Å²) in [5.41, 5.74) is 1.77. The number of aromatic nitrogens is 3. The van der Waals surface area contributed by atoms with Gasteiger partial charge in [-0.15, -0.1) is 0 Å². The number of hydrogen-bond acceptors (Lipinski definition) is 7. The van der Waals surface area contributed by atoms with Crippen LogP contribution in [0.4, 0.5) is 11.6 Å². The molecular formula is C22H22N6O3. The smallest absolute Gasteiger partial charge is 0.255 e. The van der Waals surface area contributed by atoms with Crippen molar-refractivity contribution in [2.24, 2.45) is 5.92 Å². The molecule has 3 aromatic rings. The van der Waals surface area contributed by atoms with Crippen molar-refractivity contribution >= 4 is 28.6 Å². The van der Waals surface area contributed by atoms with Gasteiger partial charge < -0.3 is 24.7 Å². The van der Waals surface area contributed by atoms with E-state index in [4.69, 9.17) is 9.47 Å². The Morgan fingerprint density at radius 3 is 3.00 bits per heavy atom. The second-order valence-electron chi connectivity index (χ2n) is 7.72. The lowest BCUT2D eigenvalue weighted by Gasteiger charge is -2.23. The first-order valence-electron chi connectivity index (χ1n) is 10.3. The molecule has 158 valence electrons. The number of fused-ring (bicyclic) bond motifs is 2. The number of nitrogens with one attached hydrogen (secondary N) is 2. The minimum absolute atomic E-state index is 0.135. The van der Waals surface area contributed by atoms with Crippen molar-refractivity contribution in [3.63, 3.8) is 0 Å². The SMILES string of the molecule is CCOc1nc(Nc2ccc(C(=O)N3[C@H](C#N)C[C@@H]4C[C@@H]43)cc2OC)nc2[nH]ccc12. The molecule has 1 amide bonds. The summed E-state index contributed by atoms with van der Waals surface area (Å²) in [5, 5.41) is 13.3. The maximum Gasteiger partial charge on any atom is 0.255 e. The molecule has 5 rings (SSSR count). The summed E-state index contributed by atoms with van der Waals surface area (Å²) >= 11 is 0. The number of nitrogens with zero attached hydrogens (tertiary/aromatic N) is 4.